The van der Waals surface area contributed by atoms with Crippen molar-refractivity contribution >= 4 is 70.1 Å². The van der Waals surface area contributed by atoms with Crippen LogP contribution in [0.25, 0.3) is 0 Å². The average molecular weight is 571 g/mol. The first-order valence-corrected chi connectivity index (χ1v) is 12.8. The number of hydrogen-bond donors (Lipinski definition) is 3. The summed E-state index contributed by atoms with van der Waals surface area (Å²) in [4.78, 5) is 45.4. The Bertz CT molecular complexity index is 1260. The van der Waals surface area contributed by atoms with Crippen molar-refractivity contribution in [2.75, 3.05) is 32.6 Å². The van der Waals surface area contributed by atoms with Gasteiger partial charge in [0.1, 0.15) is 5.75 Å². The van der Waals surface area contributed by atoms with Crippen molar-refractivity contribution in [3.63, 3.8) is 0 Å². The first kappa shape index (κ1) is 27.9. The summed E-state index contributed by atoms with van der Waals surface area (Å²) < 4.78 is 6.06. The van der Waals surface area contributed by atoms with E-state index in [-0.39, 0.29) is 43.3 Å². The molecule has 1 aromatic carbocycles. The molecule has 0 atom stereocenters. The summed E-state index contributed by atoms with van der Waals surface area (Å²) in [6, 6.07) is 8.36. The molecule has 9 nitrogen and oxygen atoms in total. The van der Waals surface area contributed by atoms with Crippen molar-refractivity contribution < 1.29 is 19.1 Å². The van der Waals surface area contributed by atoms with Gasteiger partial charge in [0.05, 0.1) is 14.9 Å². The largest absolute Gasteiger partial charge is 0.484 e. The number of likely N-dealkylation sites (N-methyl/N-ethyl adjacent to an activating group) is 2. The molecule has 13 heteroatoms. The molecule has 4 rings (SSSR count). The maximum Gasteiger partial charge on any atom is 0.284 e. The molecule has 0 bridgehead atoms. The molecule has 3 heterocycles. The summed E-state index contributed by atoms with van der Waals surface area (Å²) in [6.07, 6.45) is 0.808. The minimum absolute atomic E-state index is 0. The van der Waals surface area contributed by atoms with Crippen LogP contribution in [0, 0.1) is 0 Å². The van der Waals surface area contributed by atoms with Crippen LogP contribution in [0.15, 0.2) is 30.3 Å². The van der Waals surface area contributed by atoms with Crippen LogP contribution < -0.4 is 20.7 Å². The second-order valence-corrected chi connectivity index (χ2v) is 10.7. The van der Waals surface area contributed by atoms with Crippen LogP contribution in [0.3, 0.4) is 0 Å². The summed E-state index contributed by atoms with van der Waals surface area (Å²) >= 11 is 8.50. The summed E-state index contributed by atoms with van der Waals surface area (Å²) in [7, 11) is 3.56. The Morgan fingerprint density at radius 1 is 1.17 bits per heavy atom. The maximum atomic E-state index is 13.1. The lowest BCUT2D eigenvalue weighted by Gasteiger charge is -2.20. The molecule has 3 aromatic rings. The number of anilines is 1. The second-order valence-electron chi connectivity index (χ2n) is 7.90. The predicted molar refractivity (Wildman–Crippen MR) is 144 cm³/mol. The maximum absolute atomic E-state index is 13.1. The molecular formula is C23H25Cl2N5O4S2. The molecule has 0 saturated heterocycles. The van der Waals surface area contributed by atoms with E-state index in [1.54, 1.807) is 30.3 Å². The fourth-order valence-corrected chi connectivity index (χ4v) is 5.47. The molecule has 3 amide bonds. The highest BCUT2D eigenvalue weighted by atomic mass is 35.5. The molecule has 0 unspecified atom stereocenters. The molecule has 3 N–H and O–H groups in total. The van der Waals surface area contributed by atoms with Gasteiger partial charge in [-0.3, -0.25) is 14.4 Å². The number of nitrogens with one attached hydrogen (secondary N) is 3. The first-order chi connectivity index (χ1) is 16.8. The molecule has 0 fully saturated rings. The fourth-order valence-electron chi connectivity index (χ4n) is 3.43. The van der Waals surface area contributed by atoms with Gasteiger partial charge in [0.2, 0.25) is 0 Å². The third kappa shape index (κ3) is 6.95. The zero-order valence-electron chi connectivity index (χ0n) is 19.6. The van der Waals surface area contributed by atoms with Crippen molar-refractivity contribution in [2.45, 2.75) is 19.5 Å². The van der Waals surface area contributed by atoms with Crippen molar-refractivity contribution in [1.29, 1.82) is 0 Å². The number of carbonyl (C=O) groups excluding carboxylic acids is 3. The average Bonchev–Trinajstić information content (AvgIpc) is 3.47. The zero-order chi connectivity index (χ0) is 24.9. The highest BCUT2D eigenvalue weighted by molar-refractivity contribution is 7.18. The second kappa shape index (κ2) is 12.5. The van der Waals surface area contributed by atoms with Crippen LogP contribution in [0.2, 0.25) is 4.34 Å². The van der Waals surface area contributed by atoms with Crippen molar-refractivity contribution in [3.05, 3.63) is 60.7 Å². The quantitative estimate of drug-likeness (QED) is 0.382. The smallest absolute Gasteiger partial charge is 0.284 e. The van der Waals surface area contributed by atoms with Crippen molar-refractivity contribution in [2.24, 2.45) is 0 Å². The van der Waals surface area contributed by atoms with E-state index in [0.29, 0.717) is 31.2 Å². The molecule has 36 heavy (non-hydrogen) atoms. The van der Waals surface area contributed by atoms with E-state index >= 15 is 0 Å². The van der Waals surface area contributed by atoms with Crippen molar-refractivity contribution in [3.8, 4) is 5.75 Å². The molecular weight excluding hydrogens is 545 g/mol. The van der Waals surface area contributed by atoms with Gasteiger partial charge in [-0.2, -0.15) is 0 Å². The van der Waals surface area contributed by atoms with E-state index in [2.05, 4.69) is 25.8 Å². The van der Waals surface area contributed by atoms with Gasteiger partial charge < -0.3 is 25.6 Å². The molecule has 192 valence electrons. The van der Waals surface area contributed by atoms with E-state index in [0.717, 1.165) is 30.1 Å². The van der Waals surface area contributed by atoms with Crippen LogP contribution >= 0.6 is 46.7 Å². The third-order valence-electron chi connectivity index (χ3n) is 5.33. The first-order valence-electron chi connectivity index (χ1n) is 10.8. The number of halogens is 2. The number of carbonyl (C=O) groups is 3. The van der Waals surface area contributed by atoms with Gasteiger partial charge in [0.25, 0.3) is 17.7 Å². The Kier molecular flexibility index (Phi) is 9.69. The Balaban J connectivity index is 0.00000361. The van der Waals surface area contributed by atoms with Crippen molar-refractivity contribution in [1.82, 2.24) is 20.5 Å². The van der Waals surface area contributed by atoms with E-state index in [4.69, 9.17) is 16.3 Å². The molecule has 1 aliphatic rings. The molecule has 0 radical (unpaired) electrons. The molecule has 0 saturated carbocycles. The SMILES string of the molecule is CNC(=O)COc1ccc(CNC(=O)c2ccc(Cl)s2)c(NC(=O)c2nc3c(s2)CN(C)CC3)c1.Cl. The predicted octanol–water partition coefficient (Wildman–Crippen LogP) is 3.57. The van der Waals surface area contributed by atoms with Gasteiger partial charge in [-0.05, 0) is 30.8 Å². The Morgan fingerprint density at radius 2 is 1.97 bits per heavy atom. The number of aromatic nitrogens is 1. The number of thiophene rings is 1. The van der Waals surface area contributed by atoms with Gasteiger partial charge in [0.15, 0.2) is 11.6 Å². The van der Waals surface area contributed by atoms with Crippen LogP contribution in [0.5, 0.6) is 5.75 Å². The molecule has 0 spiro atoms. The molecule has 0 aliphatic carbocycles. The summed E-state index contributed by atoms with van der Waals surface area (Å²) in [5.74, 6) is -0.479. The van der Waals surface area contributed by atoms with Gasteiger partial charge >= 0.3 is 0 Å². The van der Waals surface area contributed by atoms with Crippen LogP contribution in [0.4, 0.5) is 5.69 Å². The Hall–Kier alpha value is -2.70. The monoisotopic (exact) mass is 569 g/mol. The van der Waals surface area contributed by atoms with E-state index in [1.165, 1.54) is 29.7 Å². The summed E-state index contributed by atoms with van der Waals surface area (Å²) in [5.41, 5.74) is 2.09. The lowest BCUT2D eigenvalue weighted by atomic mass is 10.1. The van der Waals surface area contributed by atoms with Gasteiger partial charge in [-0.1, -0.05) is 17.7 Å². The number of amides is 3. The van der Waals surface area contributed by atoms with Crippen LogP contribution in [0.1, 0.15) is 35.6 Å². The van der Waals surface area contributed by atoms with E-state index < -0.39 is 0 Å². The number of fused-ring (bicyclic) bond motifs is 1. The normalized spacial score (nSPS) is 12.8. The minimum Gasteiger partial charge on any atom is -0.484 e. The molecule has 1 aliphatic heterocycles. The standard InChI is InChI=1S/C23H24ClN5O4S2.ClH/c1-25-20(30)12-33-14-4-3-13(10-26-21(31)17-5-6-19(24)34-17)16(9-14)27-22(32)23-28-15-7-8-29(2)11-18(15)35-23;/h3-6,9H,7-8,10-12H2,1-2H3,(H,25,30)(H,26,31)(H,27,32);1H. The zero-order valence-corrected chi connectivity index (χ0v) is 22.8. The summed E-state index contributed by atoms with van der Waals surface area (Å²) in [6.45, 7) is 1.68. The number of ether oxygens (including phenoxy) is 1. The number of benzene rings is 1. The number of hydrogen-bond acceptors (Lipinski definition) is 8. The third-order valence-corrected chi connectivity index (χ3v) is 7.64. The number of nitrogens with zero attached hydrogens (tertiary/aromatic N) is 2. The lowest BCUT2D eigenvalue weighted by Crippen LogP contribution is -2.25. The van der Waals surface area contributed by atoms with Crippen LogP contribution in [-0.4, -0.2) is 54.9 Å². The fraction of sp³-hybridized carbons (Fsp3) is 0.304. The van der Waals surface area contributed by atoms with E-state index in [9.17, 15) is 14.4 Å². The topological polar surface area (TPSA) is 113 Å². The number of rotatable bonds is 8. The van der Waals surface area contributed by atoms with E-state index in [1.807, 2.05) is 7.05 Å². The molecule has 2 aromatic heterocycles. The summed E-state index contributed by atoms with van der Waals surface area (Å²) in [5, 5.41) is 8.62. The Morgan fingerprint density at radius 3 is 2.69 bits per heavy atom. The van der Waals surface area contributed by atoms with Gasteiger partial charge in [-0.25, -0.2) is 4.98 Å². The Labute approximate surface area is 227 Å². The van der Waals surface area contributed by atoms with Gasteiger partial charge in [-0.15, -0.1) is 35.1 Å². The number of thiazole rings is 1. The minimum atomic E-state index is -0.340. The van der Waals surface area contributed by atoms with Gasteiger partial charge in [0, 0.05) is 49.7 Å². The van der Waals surface area contributed by atoms with Crippen LogP contribution in [-0.2, 0) is 24.3 Å². The highest BCUT2D eigenvalue weighted by Crippen LogP contribution is 2.28. The lowest BCUT2D eigenvalue weighted by molar-refractivity contribution is -0.122. The highest BCUT2D eigenvalue weighted by Gasteiger charge is 2.22.